The number of nitrogens with one attached hydrogen (secondary N) is 1. The van der Waals surface area contributed by atoms with Crippen molar-refractivity contribution < 1.29 is 4.74 Å². The number of guanidine groups is 1. The molecule has 1 heterocycles. The summed E-state index contributed by atoms with van der Waals surface area (Å²) < 4.78 is 5.63. The number of hydrogen-bond acceptors (Lipinski definition) is 2. The maximum atomic E-state index is 5.63. The van der Waals surface area contributed by atoms with E-state index in [1.165, 1.54) is 16.8 Å². The van der Waals surface area contributed by atoms with E-state index in [-0.39, 0.29) is 6.10 Å². The number of aliphatic imine (C=N–C) groups is 1. The Hall–Kier alpha value is -2.33. The van der Waals surface area contributed by atoms with Crippen molar-refractivity contribution in [2.75, 3.05) is 32.1 Å². The lowest BCUT2D eigenvalue weighted by atomic mass is 10.1. The van der Waals surface area contributed by atoms with Crippen LogP contribution in [0.3, 0.4) is 0 Å². The molecule has 1 aliphatic heterocycles. The number of para-hydroxylation sites is 1. The van der Waals surface area contributed by atoms with E-state index < -0.39 is 0 Å². The highest BCUT2D eigenvalue weighted by Crippen LogP contribution is 2.27. The third-order valence-electron chi connectivity index (χ3n) is 4.26. The lowest BCUT2D eigenvalue weighted by Crippen LogP contribution is -2.42. The number of nitrogens with zero attached hydrogens (tertiary/aromatic N) is 2. The van der Waals surface area contributed by atoms with Crippen molar-refractivity contribution in [1.29, 1.82) is 0 Å². The molecule has 1 N–H and O–H groups in total. The predicted octanol–water partition coefficient (Wildman–Crippen LogP) is 3.01. The zero-order valence-electron chi connectivity index (χ0n) is 13.7. The van der Waals surface area contributed by atoms with Gasteiger partial charge in [0.2, 0.25) is 0 Å². The molecular formula is C19H23N3O. The summed E-state index contributed by atoms with van der Waals surface area (Å²) in [6.45, 7) is 1.65. The van der Waals surface area contributed by atoms with Gasteiger partial charge >= 0.3 is 0 Å². The molecular weight excluding hydrogens is 286 g/mol. The number of hydrogen-bond donors (Lipinski definition) is 1. The van der Waals surface area contributed by atoms with Crippen LogP contribution in [0.15, 0.2) is 59.6 Å². The summed E-state index contributed by atoms with van der Waals surface area (Å²) in [6, 6.07) is 18.8. The molecule has 0 saturated carbocycles. The van der Waals surface area contributed by atoms with E-state index in [2.05, 4.69) is 51.6 Å². The molecule has 2 aromatic carbocycles. The maximum Gasteiger partial charge on any atom is 0.198 e. The standard InChI is InChI=1S/C19H23N3O/c1-20-19(22-13-12-15-8-6-7-11-17(15)22)21-14-18(23-2)16-9-4-3-5-10-16/h3-11,18H,12-14H2,1-2H3,(H,20,21). The van der Waals surface area contributed by atoms with Gasteiger partial charge in [-0.3, -0.25) is 4.99 Å². The van der Waals surface area contributed by atoms with E-state index in [4.69, 9.17) is 4.74 Å². The zero-order chi connectivity index (χ0) is 16.1. The fourth-order valence-electron chi connectivity index (χ4n) is 3.04. The van der Waals surface area contributed by atoms with Gasteiger partial charge in [-0.1, -0.05) is 48.5 Å². The first-order valence-corrected chi connectivity index (χ1v) is 7.97. The van der Waals surface area contributed by atoms with Crippen LogP contribution in [0.1, 0.15) is 17.2 Å². The number of rotatable bonds is 4. The van der Waals surface area contributed by atoms with Crippen LogP contribution in [0.5, 0.6) is 0 Å². The third kappa shape index (κ3) is 3.37. The highest BCUT2D eigenvalue weighted by atomic mass is 16.5. The van der Waals surface area contributed by atoms with Gasteiger partial charge in [0.15, 0.2) is 5.96 Å². The Morgan fingerprint density at radius 2 is 1.91 bits per heavy atom. The Balaban J connectivity index is 1.69. The fourth-order valence-corrected chi connectivity index (χ4v) is 3.04. The first-order chi connectivity index (χ1) is 11.3. The molecule has 0 fully saturated rings. The Bertz CT molecular complexity index is 669. The molecule has 4 heteroatoms. The first kappa shape index (κ1) is 15.6. The van der Waals surface area contributed by atoms with Gasteiger partial charge in [0.05, 0.1) is 6.10 Å². The van der Waals surface area contributed by atoms with Gasteiger partial charge in [0.25, 0.3) is 0 Å². The van der Waals surface area contributed by atoms with Crippen LogP contribution < -0.4 is 10.2 Å². The van der Waals surface area contributed by atoms with E-state index >= 15 is 0 Å². The second kappa shape index (κ2) is 7.29. The average Bonchev–Trinajstić information content (AvgIpc) is 3.04. The van der Waals surface area contributed by atoms with E-state index in [1.807, 2.05) is 25.2 Å². The van der Waals surface area contributed by atoms with Crippen LogP contribution in [0.4, 0.5) is 5.69 Å². The molecule has 23 heavy (non-hydrogen) atoms. The zero-order valence-corrected chi connectivity index (χ0v) is 13.7. The summed E-state index contributed by atoms with van der Waals surface area (Å²) >= 11 is 0. The number of anilines is 1. The topological polar surface area (TPSA) is 36.9 Å². The molecule has 3 rings (SSSR count). The lowest BCUT2D eigenvalue weighted by molar-refractivity contribution is 0.106. The van der Waals surface area contributed by atoms with Gasteiger partial charge in [-0.25, -0.2) is 0 Å². The van der Waals surface area contributed by atoms with Crippen LogP contribution in [0.2, 0.25) is 0 Å². The summed E-state index contributed by atoms with van der Waals surface area (Å²) in [5.74, 6) is 0.896. The van der Waals surface area contributed by atoms with Gasteiger partial charge in [-0.15, -0.1) is 0 Å². The predicted molar refractivity (Wildman–Crippen MR) is 95.0 cm³/mol. The van der Waals surface area contributed by atoms with Gasteiger partial charge in [0.1, 0.15) is 0 Å². The van der Waals surface area contributed by atoms with Crippen LogP contribution in [-0.4, -0.2) is 33.2 Å². The summed E-state index contributed by atoms with van der Waals surface area (Å²) in [7, 11) is 3.57. The SMILES string of the molecule is CN=C(NCC(OC)c1ccccc1)N1CCc2ccccc21. The molecule has 0 aliphatic carbocycles. The van der Waals surface area contributed by atoms with Crippen molar-refractivity contribution in [2.24, 2.45) is 4.99 Å². The molecule has 1 atom stereocenters. The Labute approximate surface area is 137 Å². The second-order valence-corrected chi connectivity index (χ2v) is 5.59. The lowest BCUT2D eigenvalue weighted by Gasteiger charge is -2.24. The maximum absolute atomic E-state index is 5.63. The number of methoxy groups -OCH3 is 1. The van der Waals surface area contributed by atoms with E-state index in [0.717, 1.165) is 18.9 Å². The molecule has 0 bridgehead atoms. The van der Waals surface area contributed by atoms with Crippen molar-refractivity contribution >= 4 is 11.6 Å². The smallest absolute Gasteiger partial charge is 0.198 e. The van der Waals surface area contributed by atoms with Crippen molar-refractivity contribution in [3.63, 3.8) is 0 Å². The molecule has 0 amide bonds. The van der Waals surface area contributed by atoms with Crippen molar-refractivity contribution in [1.82, 2.24) is 5.32 Å². The number of fused-ring (bicyclic) bond motifs is 1. The summed E-state index contributed by atoms with van der Waals surface area (Å²) in [5.41, 5.74) is 3.79. The molecule has 4 nitrogen and oxygen atoms in total. The van der Waals surface area contributed by atoms with Crippen LogP contribution >= 0.6 is 0 Å². The largest absolute Gasteiger partial charge is 0.375 e. The highest BCUT2D eigenvalue weighted by Gasteiger charge is 2.23. The Kier molecular flexibility index (Phi) is 4.93. The average molecular weight is 309 g/mol. The molecule has 0 saturated heterocycles. The minimum absolute atomic E-state index is 0.00537. The second-order valence-electron chi connectivity index (χ2n) is 5.59. The molecule has 120 valence electrons. The van der Waals surface area contributed by atoms with Crippen molar-refractivity contribution in [3.05, 3.63) is 65.7 Å². The fraction of sp³-hybridized carbons (Fsp3) is 0.316. The molecule has 0 spiro atoms. The van der Waals surface area contributed by atoms with Gasteiger partial charge in [-0.05, 0) is 23.6 Å². The van der Waals surface area contributed by atoms with Crippen LogP contribution in [-0.2, 0) is 11.2 Å². The first-order valence-electron chi connectivity index (χ1n) is 7.97. The Morgan fingerprint density at radius 1 is 1.17 bits per heavy atom. The van der Waals surface area contributed by atoms with Gasteiger partial charge in [0, 0.05) is 32.9 Å². The van der Waals surface area contributed by atoms with Crippen molar-refractivity contribution in [2.45, 2.75) is 12.5 Å². The van der Waals surface area contributed by atoms with Crippen molar-refractivity contribution in [3.8, 4) is 0 Å². The van der Waals surface area contributed by atoms with Crippen LogP contribution in [0, 0.1) is 0 Å². The minimum Gasteiger partial charge on any atom is -0.375 e. The molecule has 2 aromatic rings. The quantitative estimate of drug-likeness (QED) is 0.697. The summed E-state index contributed by atoms with van der Waals surface area (Å²) in [6.07, 6.45) is 1.06. The Morgan fingerprint density at radius 3 is 2.65 bits per heavy atom. The molecule has 0 aromatic heterocycles. The monoisotopic (exact) mass is 309 g/mol. The van der Waals surface area contributed by atoms with E-state index in [0.29, 0.717) is 6.54 Å². The number of benzene rings is 2. The third-order valence-corrected chi connectivity index (χ3v) is 4.26. The van der Waals surface area contributed by atoms with E-state index in [1.54, 1.807) is 7.11 Å². The van der Waals surface area contributed by atoms with Gasteiger partial charge < -0.3 is 15.0 Å². The highest BCUT2D eigenvalue weighted by molar-refractivity contribution is 5.97. The summed E-state index contributed by atoms with van der Waals surface area (Å²) in [4.78, 5) is 6.69. The minimum atomic E-state index is 0.00537. The van der Waals surface area contributed by atoms with Crippen LogP contribution in [0.25, 0.3) is 0 Å². The molecule has 1 aliphatic rings. The van der Waals surface area contributed by atoms with Gasteiger partial charge in [-0.2, -0.15) is 0 Å². The molecule has 0 radical (unpaired) electrons. The number of ether oxygens (including phenoxy) is 1. The molecule has 1 unspecified atom stereocenters. The summed E-state index contributed by atoms with van der Waals surface area (Å²) in [5, 5.41) is 3.45. The van der Waals surface area contributed by atoms with E-state index in [9.17, 15) is 0 Å². The normalized spacial score (nSPS) is 15.4.